The van der Waals surface area contributed by atoms with E-state index in [0.29, 0.717) is 12.1 Å². The minimum absolute atomic E-state index is 0.366. The van der Waals surface area contributed by atoms with Crippen LogP contribution in [0, 0.1) is 0 Å². The highest BCUT2D eigenvalue weighted by atomic mass is 16.5. The van der Waals surface area contributed by atoms with Crippen molar-refractivity contribution < 1.29 is 4.74 Å². The number of fused-ring (bicyclic) bond motifs is 1. The van der Waals surface area contributed by atoms with Gasteiger partial charge in [-0.3, -0.25) is 0 Å². The predicted molar refractivity (Wildman–Crippen MR) is 84.3 cm³/mol. The largest absolute Gasteiger partial charge is 0.490 e. The molecule has 2 aromatic rings. The van der Waals surface area contributed by atoms with Crippen LogP contribution in [0.5, 0.6) is 5.75 Å². The first kappa shape index (κ1) is 13.4. The summed E-state index contributed by atoms with van der Waals surface area (Å²) in [7, 11) is 0. The highest BCUT2D eigenvalue weighted by molar-refractivity contribution is 5.83. The van der Waals surface area contributed by atoms with E-state index in [9.17, 15) is 0 Å². The van der Waals surface area contributed by atoms with Gasteiger partial charge in [0.15, 0.2) is 0 Å². The fourth-order valence-electron chi connectivity index (χ4n) is 3.01. The maximum atomic E-state index is 6.15. The summed E-state index contributed by atoms with van der Waals surface area (Å²) in [5.74, 6) is 1.00. The van der Waals surface area contributed by atoms with E-state index in [2.05, 4.69) is 54.7 Å². The van der Waals surface area contributed by atoms with E-state index in [0.717, 1.165) is 25.1 Å². The maximum absolute atomic E-state index is 6.15. The number of hydrogen-bond acceptors (Lipinski definition) is 2. The molecule has 1 fully saturated rings. The molecule has 3 rings (SSSR count). The molecule has 0 aliphatic heterocycles. The third-order valence-corrected chi connectivity index (χ3v) is 4.09. The number of nitrogens with one attached hydrogen (secondary N) is 1. The summed E-state index contributed by atoms with van der Waals surface area (Å²) in [5, 5.41) is 6.12. The highest BCUT2D eigenvalue weighted by Gasteiger charge is 2.25. The second-order valence-corrected chi connectivity index (χ2v) is 5.71. The average Bonchev–Trinajstić information content (AvgIpc) is 2.92. The first-order chi connectivity index (χ1) is 9.85. The second kappa shape index (κ2) is 6.27. The molecule has 2 nitrogen and oxygen atoms in total. The Labute approximate surface area is 121 Å². The van der Waals surface area contributed by atoms with Crippen molar-refractivity contribution in [2.75, 3.05) is 6.54 Å². The standard InChI is InChI=1S/C18H23NO/c1-2-11-19-16-8-10-18(13-16)20-17-9-7-14-5-3-4-6-15(14)12-17/h3-7,9,12,16,18-19H,2,8,10-11,13H2,1H3. The topological polar surface area (TPSA) is 21.3 Å². The molecule has 20 heavy (non-hydrogen) atoms. The molecule has 0 amide bonds. The first-order valence-electron chi connectivity index (χ1n) is 7.74. The minimum Gasteiger partial charge on any atom is -0.490 e. The van der Waals surface area contributed by atoms with Gasteiger partial charge in [0.1, 0.15) is 11.9 Å². The lowest BCUT2D eigenvalue weighted by Crippen LogP contribution is -2.28. The number of ether oxygens (including phenoxy) is 1. The van der Waals surface area contributed by atoms with E-state index in [1.807, 2.05) is 0 Å². The molecule has 2 heteroatoms. The van der Waals surface area contributed by atoms with Gasteiger partial charge < -0.3 is 10.1 Å². The second-order valence-electron chi connectivity index (χ2n) is 5.71. The molecule has 0 spiro atoms. The molecule has 0 bridgehead atoms. The lowest BCUT2D eigenvalue weighted by molar-refractivity contribution is 0.206. The van der Waals surface area contributed by atoms with Gasteiger partial charge in [0.25, 0.3) is 0 Å². The molecule has 0 heterocycles. The third-order valence-electron chi connectivity index (χ3n) is 4.09. The van der Waals surface area contributed by atoms with Crippen LogP contribution in [0.25, 0.3) is 10.8 Å². The summed E-state index contributed by atoms with van der Waals surface area (Å²) in [6.07, 6.45) is 5.09. The molecule has 2 aromatic carbocycles. The Morgan fingerprint density at radius 1 is 1.10 bits per heavy atom. The van der Waals surface area contributed by atoms with Crippen LogP contribution in [0.15, 0.2) is 42.5 Å². The Hall–Kier alpha value is -1.54. The molecule has 0 aromatic heterocycles. The van der Waals surface area contributed by atoms with E-state index >= 15 is 0 Å². The van der Waals surface area contributed by atoms with Crippen LogP contribution in [-0.4, -0.2) is 18.7 Å². The lowest BCUT2D eigenvalue weighted by atomic mass is 10.1. The van der Waals surface area contributed by atoms with Gasteiger partial charge in [-0.25, -0.2) is 0 Å². The molecule has 106 valence electrons. The molecule has 0 radical (unpaired) electrons. The molecule has 2 unspecified atom stereocenters. The van der Waals surface area contributed by atoms with Gasteiger partial charge in [0.2, 0.25) is 0 Å². The smallest absolute Gasteiger partial charge is 0.120 e. The van der Waals surface area contributed by atoms with E-state index in [4.69, 9.17) is 4.74 Å². The molecule has 1 saturated carbocycles. The summed E-state index contributed by atoms with van der Waals surface area (Å²) >= 11 is 0. The fraction of sp³-hybridized carbons (Fsp3) is 0.444. The predicted octanol–water partition coefficient (Wildman–Crippen LogP) is 4.14. The van der Waals surface area contributed by atoms with Gasteiger partial charge in [-0.05, 0) is 55.1 Å². The van der Waals surface area contributed by atoms with Crippen LogP contribution in [0.4, 0.5) is 0 Å². The fourth-order valence-corrected chi connectivity index (χ4v) is 3.01. The van der Waals surface area contributed by atoms with Crippen molar-refractivity contribution >= 4 is 10.8 Å². The maximum Gasteiger partial charge on any atom is 0.120 e. The average molecular weight is 269 g/mol. The lowest BCUT2D eigenvalue weighted by Gasteiger charge is -2.15. The zero-order valence-electron chi connectivity index (χ0n) is 12.1. The third kappa shape index (κ3) is 3.13. The SMILES string of the molecule is CCCNC1CCC(Oc2ccc3ccccc3c2)C1. The molecule has 0 saturated heterocycles. The molecule has 1 N–H and O–H groups in total. The van der Waals surface area contributed by atoms with Crippen molar-refractivity contribution in [3.63, 3.8) is 0 Å². The van der Waals surface area contributed by atoms with Crippen molar-refractivity contribution in [1.82, 2.24) is 5.32 Å². The van der Waals surface area contributed by atoms with Crippen LogP contribution in [0.3, 0.4) is 0 Å². The van der Waals surface area contributed by atoms with Crippen molar-refractivity contribution in [2.45, 2.75) is 44.8 Å². The Morgan fingerprint density at radius 2 is 1.95 bits per heavy atom. The molecule has 1 aliphatic rings. The van der Waals surface area contributed by atoms with Gasteiger partial charge in [0.05, 0.1) is 0 Å². The van der Waals surface area contributed by atoms with E-state index < -0.39 is 0 Å². The normalized spacial score (nSPS) is 22.2. The zero-order valence-corrected chi connectivity index (χ0v) is 12.1. The quantitative estimate of drug-likeness (QED) is 0.881. The minimum atomic E-state index is 0.366. The molecular formula is C18H23NO. The van der Waals surface area contributed by atoms with Gasteiger partial charge >= 0.3 is 0 Å². The summed E-state index contributed by atoms with van der Waals surface area (Å²) in [6, 6.07) is 15.5. The van der Waals surface area contributed by atoms with Crippen molar-refractivity contribution in [3.05, 3.63) is 42.5 Å². The van der Waals surface area contributed by atoms with Gasteiger partial charge in [-0.2, -0.15) is 0 Å². The van der Waals surface area contributed by atoms with E-state index in [1.54, 1.807) is 0 Å². The van der Waals surface area contributed by atoms with Gasteiger partial charge in [0, 0.05) is 6.04 Å². The summed E-state index contributed by atoms with van der Waals surface area (Å²) in [6.45, 7) is 3.33. The summed E-state index contributed by atoms with van der Waals surface area (Å²) in [5.41, 5.74) is 0. The number of hydrogen-bond donors (Lipinski definition) is 1. The van der Waals surface area contributed by atoms with Gasteiger partial charge in [-0.15, -0.1) is 0 Å². The molecule has 2 atom stereocenters. The van der Waals surface area contributed by atoms with Crippen molar-refractivity contribution in [2.24, 2.45) is 0 Å². The Kier molecular flexibility index (Phi) is 4.22. The van der Waals surface area contributed by atoms with Crippen molar-refractivity contribution in [3.8, 4) is 5.75 Å². The van der Waals surface area contributed by atoms with E-state index in [-0.39, 0.29) is 0 Å². The van der Waals surface area contributed by atoms with Crippen LogP contribution in [-0.2, 0) is 0 Å². The number of benzene rings is 2. The molecule has 1 aliphatic carbocycles. The van der Waals surface area contributed by atoms with Crippen LogP contribution in [0.2, 0.25) is 0 Å². The number of rotatable bonds is 5. The van der Waals surface area contributed by atoms with Crippen LogP contribution >= 0.6 is 0 Å². The zero-order chi connectivity index (χ0) is 13.8. The summed E-state index contributed by atoms with van der Waals surface area (Å²) < 4.78 is 6.15. The summed E-state index contributed by atoms with van der Waals surface area (Å²) in [4.78, 5) is 0. The first-order valence-corrected chi connectivity index (χ1v) is 7.74. The van der Waals surface area contributed by atoms with Crippen LogP contribution in [0.1, 0.15) is 32.6 Å². The highest BCUT2D eigenvalue weighted by Crippen LogP contribution is 2.27. The van der Waals surface area contributed by atoms with Gasteiger partial charge in [-0.1, -0.05) is 37.3 Å². The Balaban J connectivity index is 1.62. The van der Waals surface area contributed by atoms with Crippen molar-refractivity contribution in [1.29, 1.82) is 0 Å². The Morgan fingerprint density at radius 3 is 2.80 bits per heavy atom. The molecular weight excluding hydrogens is 246 g/mol. The van der Waals surface area contributed by atoms with E-state index in [1.165, 1.54) is 23.6 Å². The van der Waals surface area contributed by atoms with Crippen LogP contribution < -0.4 is 10.1 Å². The Bertz CT molecular complexity index is 566. The monoisotopic (exact) mass is 269 g/mol.